The van der Waals surface area contributed by atoms with Gasteiger partial charge in [0.05, 0.1) is 22.1 Å². The summed E-state index contributed by atoms with van der Waals surface area (Å²) in [6.07, 6.45) is 1.56. The van der Waals surface area contributed by atoms with E-state index in [1.807, 2.05) is 6.92 Å². The summed E-state index contributed by atoms with van der Waals surface area (Å²) in [5, 5.41) is 8.91. The maximum atomic E-state index is 13.7. The van der Waals surface area contributed by atoms with Crippen molar-refractivity contribution in [3.8, 4) is 0 Å². The Bertz CT molecular complexity index is 641. The smallest absolute Gasteiger partial charge is 0.278 e. The summed E-state index contributed by atoms with van der Waals surface area (Å²) in [6, 6.07) is 4.35. The molecule has 0 saturated heterocycles. The first-order valence-corrected chi connectivity index (χ1v) is 6.50. The first-order chi connectivity index (χ1) is 9.54. The van der Waals surface area contributed by atoms with Crippen molar-refractivity contribution >= 4 is 28.9 Å². The monoisotopic (exact) mass is 296 g/mol. The van der Waals surface area contributed by atoms with Gasteiger partial charge in [-0.1, -0.05) is 31.0 Å². The van der Waals surface area contributed by atoms with Crippen molar-refractivity contribution in [1.82, 2.24) is 10.2 Å². The van der Waals surface area contributed by atoms with Gasteiger partial charge in [0.15, 0.2) is 11.5 Å². The second kappa shape index (κ2) is 5.92. The number of hydrogen-bond donors (Lipinski definition) is 3. The molecule has 106 valence electrons. The van der Waals surface area contributed by atoms with Crippen molar-refractivity contribution in [3.05, 3.63) is 40.4 Å². The van der Waals surface area contributed by atoms with Crippen LogP contribution < -0.4 is 11.1 Å². The summed E-state index contributed by atoms with van der Waals surface area (Å²) < 4.78 is 13.7. The number of aromatic amines is 1. The number of anilines is 2. The van der Waals surface area contributed by atoms with E-state index in [0.29, 0.717) is 12.1 Å². The molecule has 20 heavy (non-hydrogen) atoms. The molecule has 0 aliphatic heterocycles. The number of rotatable bonds is 4. The summed E-state index contributed by atoms with van der Waals surface area (Å²) in [7, 11) is 0. The van der Waals surface area contributed by atoms with Crippen molar-refractivity contribution < 1.29 is 9.18 Å². The molecule has 1 amide bonds. The van der Waals surface area contributed by atoms with Gasteiger partial charge in [-0.3, -0.25) is 9.89 Å². The van der Waals surface area contributed by atoms with Crippen molar-refractivity contribution in [2.45, 2.75) is 19.8 Å². The van der Waals surface area contributed by atoms with E-state index in [2.05, 4.69) is 15.5 Å². The number of benzene rings is 1. The number of nitrogens with two attached hydrogens (primary N) is 1. The van der Waals surface area contributed by atoms with Gasteiger partial charge in [0.2, 0.25) is 0 Å². The van der Waals surface area contributed by atoms with Crippen molar-refractivity contribution in [2.75, 3.05) is 11.1 Å². The highest BCUT2D eigenvalue weighted by Gasteiger charge is 2.18. The molecule has 0 aliphatic rings. The Labute approximate surface area is 120 Å². The van der Waals surface area contributed by atoms with Gasteiger partial charge in [0.25, 0.3) is 5.91 Å². The zero-order valence-corrected chi connectivity index (χ0v) is 11.6. The van der Waals surface area contributed by atoms with Gasteiger partial charge < -0.3 is 11.1 Å². The van der Waals surface area contributed by atoms with E-state index in [1.54, 1.807) is 0 Å². The first-order valence-electron chi connectivity index (χ1n) is 6.12. The van der Waals surface area contributed by atoms with Crippen LogP contribution in [0.25, 0.3) is 0 Å². The van der Waals surface area contributed by atoms with Crippen LogP contribution in [0.5, 0.6) is 0 Å². The topological polar surface area (TPSA) is 83.8 Å². The van der Waals surface area contributed by atoms with E-state index < -0.39 is 11.7 Å². The lowest BCUT2D eigenvalue weighted by Crippen LogP contribution is -2.15. The first kappa shape index (κ1) is 14.3. The van der Waals surface area contributed by atoms with Crippen LogP contribution in [0.1, 0.15) is 29.5 Å². The number of nitrogens with one attached hydrogen (secondary N) is 2. The van der Waals surface area contributed by atoms with E-state index in [4.69, 9.17) is 17.3 Å². The van der Waals surface area contributed by atoms with Crippen LogP contribution >= 0.6 is 11.6 Å². The minimum atomic E-state index is -0.689. The highest BCUT2D eigenvalue weighted by molar-refractivity contribution is 6.31. The minimum Gasteiger partial charge on any atom is -0.395 e. The van der Waals surface area contributed by atoms with Crippen molar-refractivity contribution in [3.63, 3.8) is 0 Å². The minimum absolute atomic E-state index is 0.0121. The van der Waals surface area contributed by atoms with Gasteiger partial charge in [0.1, 0.15) is 0 Å². The molecule has 2 rings (SSSR count). The molecule has 1 aromatic heterocycles. The number of aryl methyl sites for hydroxylation is 1. The Balaban J connectivity index is 2.22. The number of carbonyl (C=O) groups is 1. The molecule has 0 spiro atoms. The molecule has 2 aromatic rings. The van der Waals surface area contributed by atoms with Crippen LogP contribution in [-0.4, -0.2) is 16.1 Å². The standard InChI is InChI=1S/C13H14ClFN4O/c1-2-4-9-11(16)12(19-18-9)13(20)17-8-6-3-5-7(14)10(8)15/h3,5-6H,2,4,16H2,1H3,(H,17,20)(H,18,19). The van der Waals surface area contributed by atoms with E-state index >= 15 is 0 Å². The molecule has 5 nitrogen and oxygen atoms in total. The molecule has 0 radical (unpaired) electrons. The fraction of sp³-hybridized carbons (Fsp3) is 0.231. The average Bonchev–Trinajstić information content (AvgIpc) is 2.77. The highest BCUT2D eigenvalue weighted by Crippen LogP contribution is 2.23. The van der Waals surface area contributed by atoms with Gasteiger partial charge in [0, 0.05) is 0 Å². The van der Waals surface area contributed by atoms with Crippen LogP contribution in [-0.2, 0) is 6.42 Å². The lowest BCUT2D eigenvalue weighted by atomic mass is 10.2. The number of halogens is 2. The number of carbonyl (C=O) groups excluding carboxylic acids is 1. The molecule has 1 heterocycles. The molecule has 7 heteroatoms. The molecule has 0 atom stereocenters. The molecule has 0 fully saturated rings. The number of hydrogen-bond acceptors (Lipinski definition) is 3. The summed E-state index contributed by atoms with van der Waals surface area (Å²) in [5.74, 6) is -1.27. The van der Waals surface area contributed by atoms with Gasteiger partial charge in [-0.25, -0.2) is 4.39 Å². The summed E-state index contributed by atoms with van der Waals surface area (Å²) in [4.78, 5) is 12.0. The Hall–Kier alpha value is -2.08. The van der Waals surface area contributed by atoms with Crippen LogP contribution in [0, 0.1) is 5.82 Å². The van der Waals surface area contributed by atoms with Gasteiger partial charge in [-0.05, 0) is 18.6 Å². The molecule has 0 bridgehead atoms. The Morgan fingerprint density at radius 3 is 3.00 bits per heavy atom. The summed E-state index contributed by atoms with van der Waals surface area (Å²) in [5.41, 5.74) is 6.86. The summed E-state index contributed by atoms with van der Waals surface area (Å²) >= 11 is 5.65. The molecular weight excluding hydrogens is 283 g/mol. The largest absolute Gasteiger partial charge is 0.395 e. The molecular formula is C13H14ClFN4O. The van der Waals surface area contributed by atoms with E-state index in [-0.39, 0.29) is 22.1 Å². The fourth-order valence-electron chi connectivity index (χ4n) is 1.78. The highest BCUT2D eigenvalue weighted by atomic mass is 35.5. The number of H-pyrrole nitrogens is 1. The molecule has 0 saturated carbocycles. The number of aromatic nitrogens is 2. The lowest BCUT2D eigenvalue weighted by molar-refractivity contribution is 0.102. The Morgan fingerprint density at radius 1 is 1.55 bits per heavy atom. The van der Waals surface area contributed by atoms with Crippen molar-refractivity contribution in [2.24, 2.45) is 0 Å². The molecule has 1 aromatic carbocycles. The molecule has 4 N–H and O–H groups in total. The van der Waals surface area contributed by atoms with E-state index in [9.17, 15) is 9.18 Å². The quantitative estimate of drug-likeness (QED) is 0.811. The normalized spacial score (nSPS) is 10.6. The third-order valence-electron chi connectivity index (χ3n) is 2.80. The van der Waals surface area contributed by atoms with Gasteiger partial charge in [-0.2, -0.15) is 5.10 Å². The number of nitrogens with zero attached hydrogens (tertiary/aromatic N) is 1. The predicted octanol–water partition coefficient (Wildman–Crippen LogP) is 2.99. The predicted molar refractivity (Wildman–Crippen MR) is 76.4 cm³/mol. The molecule has 0 aliphatic carbocycles. The van der Waals surface area contributed by atoms with Crippen LogP contribution in [0.3, 0.4) is 0 Å². The third kappa shape index (κ3) is 2.75. The SMILES string of the molecule is CCCc1[nH]nc(C(=O)Nc2cccc(Cl)c2F)c1N. The summed E-state index contributed by atoms with van der Waals surface area (Å²) in [6.45, 7) is 1.99. The van der Waals surface area contributed by atoms with Gasteiger partial charge in [-0.15, -0.1) is 0 Å². The maximum absolute atomic E-state index is 13.7. The van der Waals surface area contributed by atoms with E-state index in [1.165, 1.54) is 18.2 Å². The second-order valence-corrected chi connectivity index (χ2v) is 4.68. The number of amides is 1. The maximum Gasteiger partial charge on any atom is 0.278 e. The van der Waals surface area contributed by atoms with Crippen LogP contribution in [0.2, 0.25) is 5.02 Å². The fourth-order valence-corrected chi connectivity index (χ4v) is 1.96. The van der Waals surface area contributed by atoms with Crippen LogP contribution in [0.15, 0.2) is 18.2 Å². The second-order valence-electron chi connectivity index (χ2n) is 4.27. The molecule has 0 unspecified atom stereocenters. The zero-order chi connectivity index (χ0) is 14.7. The Kier molecular flexibility index (Phi) is 4.24. The Morgan fingerprint density at radius 2 is 2.30 bits per heavy atom. The van der Waals surface area contributed by atoms with Gasteiger partial charge >= 0.3 is 0 Å². The number of nitrogen functional groups attached to an aromatic ring is 1. The average molecular weight is 297 g/mol. The van der Waals surface area contributed by atoms with Crippen molar-refractivity contribution in [1.29, 1.82) is 0 Å². The lowest BCUT2D eigenvalue weighted by Gasteiger charge is -2.06. The third-order valence-corrected chi connectivity index (χ3v) is 3.09. The van der Waals surface area contributed by atoms with E-state index in [0.717, 1.165) is 6.42 Å². The zero-order valence-electron chi connectivity index (χ0n) is 10.8. The van der Waals surface area contributed by atoms with Crippen LogP contribution in [0.4, 0.5) is 15.8 Å².